The zero-order valence-electron chi connectivity index (χ0n) is 30.0. The van der Waals surface area contributed by atoms with Crippen molar-refractivity contribution in [1.82, 2.24) is 4.90 Å². The standard InChI is InChI=1S/C38H51N3O8Si/c1-25-36(50(4,5)29-16-14-28(47-2)15-17-29)32(23-34(44)40-20-8-10-27(40)24-42)49-38(25)30-22-26(39-21-9-11-33(39)43)13-18-31(30)41(37(38)46)19-7-6-12-35(45)48-3/h13-18,22,25,27,32,36,42H,6-12,19-21,23-24H2,1-5H3/t25-,27+,32+,36-,38+/m1/s1. The van der Waals surface area contributed by atoms with Gasteiger partial charge in [0.25, 0.3) is 5.91 Å². The minimum absolute atomic E-state index is 0.0572. The van der Waals surface area contributed by atoms with Crippen LogP contribution in [0.2, 0.25) is 18.6 Å². The van der Waals surface area contributed by atoms with Crippen LogP contribution < -0.4 is 19.7 Å². The Kier molecular flexibility index (Phi) is 10.4. The minimum Gasteiger partial charge on any atom is -0.497 e. The third-order valence-corrected chi connectivity index (χ3v) is 16.1. The van der Waals surface area contributed by atoms with E-state index in [9.17, 15) is 19.5 Å². The van der Waals surface area contributed by atoms with E-state index in [2.05, 4.69) is 32.2 Å². The van der Waals surface area contributed by atoms with Crippen molar-refractivity contribution < 1.29 is 38.5 Å². The molecule has 3 amide bonds. The maximum atomic E-state index is 15.1. The van der Waals surface area contributed by atoms with E-state index in [4.69, 9.17) is 14.2 Å². The molecule has 0 radical (unpaired) electrons. The number of hydrogen-bond donors (Lipinski definition) is 1. The molecule has 0 saturated carbocycles. The summed E-state index contributed by atoms with van der Waals surface area (Å²) in [5.41, 5.74) is 0.707. The Morgan fingerprint density at radius 3 is 2.46 bits per heavy atom. The first-order valence-electron chi connectivity index (χ1n) is 18.0. The molecule has 4 aliphatic heterocycles. The summed E-state index contributed by atoms with van der Waals surface area (Å²) in [6.45, 7) is 8.18. The number of unbranched alkanes of at least 4 members (excludes halogenated alkanes) is 1. The second kappa shape index (κ2) is 14.5. The number of anilines is 2. The molecule has 0 aromatic heterocycles. The highest BCUT2D eigenvalue weighted by Crippen LogP contribution is 2.60. The average Bonchev–Trinajstić information content (AvgIpc) is 3.89. The summed E-state index contributed by atoms with van der Waals surface area (Å²) in [7, 11) is 0.520. The number of carbonyl (C=O) groups excluding carboxylic acids is 4. The number of nitrogens with zero attached hydrogens (tertiary/aromatic N) is 3. The molecular weight excluding hydrogens is 655 g/mol. The van der Waals surface area contributed by atoms with Crippen LogP contribution in [0.5, 0.6) is 5.75 Å². The van der Waals surface area contributed by atoms with Gasteiger partial charge in [-0.1, -0.05) is 37.3 Å². The fourth-order valence-corrected chi connectivity index (χ4v) is 13.1. The van der Waals surface area contributed by atoms with Gasteiger partial charge >= 0.3 is 5.97 Å². The molecule has 0 unspecified atom stereocenters. The number of amides is 3. The van der Waals surface area contributed by atoms with Crippen molar-refractivity contribution in [2.45, 2.75) is 94.7 Å². The van der Waals surface area contributed by atoms with Gasteiger partial charge in [-0.25, -0.2) is 0 Å². The van der Waals surface area contributed by atoms with E-state index in [1.54, 1.807) is 21.8 Å². The summed E-state index contributed by atoms with van der Waals surface area (Å²) < 4.78 is 17.5. The highest BCUT2D eigenvalue weighted by Gasteiger charge is 2.66. The SMILES string of the molecule is COC(=O)CCCCN1C(=O)[C@@]2(O[C@@H](CC(=O)N3CCC[C@H]3CO)[C@H]([Si](C)(C)c3ccc(OC)cc3)[C@H]2C)c2cc(N3CCCC3=O)ccc21. The quantitative estimate of drug-likeness (QED) is 0.199. The van der Waals surface area contributed by atoms with Gasteiger partial charge in [0, 0.05) is 49.6 Å². The van der Waals surface area contributed by atoms with E-state index in [0.29, 0.717) is 38.9 Å². The zero-order chi connectivity index (χ0) is 35.8. The van der Waals surface area contributed by atoms with Crippen LogP contribution in [0.25, 0.3) is 0 Å². The van der Waals surface area contributed by atoms with Crippen molar-refractivity contribution in [1.29, 1.82) is 0 Å². The third-order valence-electron chi connectivity index (χ3n) is 11.7. The van der Waals surface area contributed by atoms with Crippen molar-refractivity contribution in [3.8, 4) is 5.75 Å². The number of carbonyl (C=O) groups is 4. The summed E-state index contributed by atoms with van der Waals surface area (Å²) in [5.74, 6) is -0.0222. The van der Waals surface area contributed by atoms with E-state index in [1.165, 1.54) is 12.3 Å². The molecule has 0 aliphatic carbocycles. The van der Waals surface area contributed by atoms with Crippen LogP contribution >= 0.6 is 0 Å². The zero-order valence-corrected chi connectivity index (χ0v) is 31.0. The van der Waals surface area contributed by atoms with E-state index in [-0.39, 0.29) is 60.6 Å². The van der Waals surface area contributed by atoms with Crippen LogP contribution in [0.1, 0.15) is 63.9 Å². The first-order valence-corrected chi connectivity index (χ1v) is 21.1. The van der Waals surface area contributed by atoms with Gasteiger partial charge in [0.2, 0.25) is 11.8 Å². The number of hydrogen-bond acceptors (Lipinski definition) is 8. The summed E-state index contributed by atoms with van der Waals surface area (Å²) in [6.07, 6.45) is 3.82. The first kappa shape index (κ1) is 36.1. The van der Waals surface area contributed by atoms with Gasteiger partial charge in [0.05, 0.1) is 53.2 Å². The van der Waals surface area contributed by atoms with E-state index >= 15 is 4.79 Å². The van der Waals surface area contributed by atoms with Crippen molar-refractivity contribution >= 4 is 48.3 Å². The molecule has 270 valence electrons. The van der Waals surface area contributed by atoms with Crippen LogP contribution in [-0.2, 0) is 34.3 Å². The number of esters is 1. The molecular formula is C38H51N3O8Si. The van der Waals surface area contributed by atoms with Gasteiger partial charge in [-0.05, 0) is 68.0 Å². The fourth-order valence-electron chi connectivity index (χ4n) is 9.10. The number of fused-ring (bicyclic) bond motifs is 2. The maximum Gasteiger partial charge on any atom is 0.305 e. The van der Waals surface area contributed by atoms with E-state index < -0.39 is 19.8 Å². The largest absolute Gasteiger partial charge is 0.497 e. The molecule has 3 fully saturated rings. The molecule has 11 nitrogen and oxygen atoms in total. The van der Waals surface area contributed by atoms with Gasteiger partial charge in [-0.2, -0.15) is 0 Å². The number of aliphatic hydroxyl groups is 1. The summed E-state index contributed by atoms with van der Waals surface area (Å²) in [6, 6.07) is 13.7. The fraction of sp³-hybridized carbons (Fsp3) is 0.579. The number of rotatable bonds is 12. The predicted molar refractivity (Wildman–Crippen MR) is 192 cm³/mol. The maximum absolute atomic E-state index is 15.1. The molecule has 2 aromatic carbocycles. The number of likely N-dealkylation sites (tertiary alicyclic amines) is 1. The smallest absolute Gasteiger partial charge is 0.305 e. The predicted octanol–water partition coefficient (Wildman–Crippen LogP) is 4.10. The molecule has 3 saturated heterocycles. The molecule has 12 heteroatoms. The second-order valence-electron chi connectivity index (χ2n) is 14.8. The summed E-state index contributed by atoms with van der Waals surface area (Å²) >= 11 is 0. The van der Waals surface area contributed by atoms with Crippen LogP contribution in [0.3, 0.4) is 0 Å². The Morgan fingerprint density at radius 2 is 1.80 bits per heavy atom. The molecule has 1 spiro atoms. The lowest BCUT2D eigenvalue weighted by atomic mass is 9.82. The Labute approximate surface area is 295 Å². The number of aliphatic hydroxyl groups excluding tert-OH is 1. The summed E-state index contributed by atoms with van der Waals surface area (Å²) in [4.78, 5) is 59.2. The topological polar surface area (TPSA) is 126 Å². The number of benzene rings is 2. The highest BCUT2D eigenvalue weighted by molar-refractivity contribution is 6.91. The van der Waals surface area contributed by atoms with Crippen LogP contribution in [-0.4, -0.2) is 94.4 Å². The lowest BCUT2D eigenvalue weighted by Gasteiger charge is -2.37. The molecule has 1 N–H and O–H groups in total. The molecule has 2 aromatic rings. The van der Waals surface area contributed by atoms with Gasteiger partial charge in [-0.3, -0.25) is 19.2 Å². The van der Waals surface area contributed by atoms with Gasteiger partial charge < -0.3 is 34.0 Å². The number of methoxy groups -OCH3 is 2. The molecule has 0 bridgehead atoms. The molecule has 50 heavy (non-hydrogen) atoms. The number of ether oxygens (including phenoxy) is 3. The van der Waals surface area contributed by atoms with Gasteiger partial charge in [0.1, 0.15) is 5.75 Å². The molecule has 5 atom stereocenters. The van der Waals surface area contributed by atoms with Crippen LogP contribution in [0, 0.1) is 5.92 Å². The molecule has 4 heterocycles. The van der Waals surface area contributed by atoms with Gasteiger partial charge in [-0.15, -0.1) is 0 Å². The highest BCUT2D eigenvalue weighted by atomic mass is 28.3. The Balaban J connectivity index is 1.43. The normalized spacial score (nSPS) is 26.3. The van der Waals surface area contributed by atoms with E-state index in [1.807, 2.05) is 30.3 Å². The third kappa shape index (κ3) is 6.23. The average molecular weight is 706 g/mol. The Hall–Kier alpha value is -3.74. The summed E-state index contributed by atoms with van der Waals surface area (Å²) in [5, 5.41) is 11.2. The Bertz CT molecular complexity index is 1620. The monoisotopic (exact) mass is 705 g/mol. The first-order chi connectivity index (χ1) is 24.0. The van der Waals surface area contributed by atoms with Crippen LogP contribution in [0.4, 0.5) is 11.4 Å². The van der Waals surface area contributed by atoms with E-state index in [0.717, 1.165) is 42.0 Å². The van der Waals surface area contributed by atoms with Gasteiger partial charge in [0.15, 0.2) is 5.60 Å². The lowest BCUT2D eigenvalue weighted by molar-refractivity contribution is -0.150. The molecule has 6 rings (SSSR count). The second-order valence-corrected chi connectivity index (χ2v) is 19.5. The van der Waals surface area contributed by atoms with Crippen molar-refractivity contribution in [3.63, 3.8) is 0 Å². The lowest BCUT2D eigenvalue weighted by Crippen LogP contribution is -2.52. The Morgan fingerprint density at radius 1 is 1.04 bits per heavy atom. The van der Waals surface area contributed by atoms with Crippen molar-refractivity contribution in [3.05, 3.63) is 48.0 Å². The van der Waals surface area contributed by atoms with Crippen molar-refractivity contribution in [2.75, 3.05) is 50.3 Å². The minimum atomic E-state index is -2.49. The molecule has 4 aliphatic rings. The van der Waals surface area contributed by atoms with Crippen LogP contribution in [0.15, 0.2) is 42.5 Å². The van der Waals surface area contributed by atoms with Crippen molar-refractivity contribution in [2.24, 2.45) is 5.92 Å².